The average molecular weight is 380 g/mol. The van der Waals surface area contributed by atoms with Gasteiger partial charge in [0.05, 0.1) is 31.6 Å². The Kier molecular flexibility index (Phi) is 4.99. The van der Waals surface area contributed by atoms with Gasteiger partial charge in [0, 0.05) is 24.2 Å². The number of nitrogens with zero attached hydrogens (tertiary/aromatic N) is 1. The molecule has 0 unspecified atom stereocenters. The van der Waals surface area contributed by atoms with E-state index in [9.17, 15) is 9.59 Å². The number of rotatable bonds is 4. The Labute approximate surface area is 161 Å². The Morgan fingerprint density at radius 3 is 2.61 bits per heavy atom. The van der Waals surface area contributed by atoms with Crippen molar-refractivity contribution in [3.8, 4) is 0 Å². The number of anilines is 2. The fourth-order valence-electron chi connectivity index (χ4n) is 3.22. The number of carbonyl (C=O) groups is 2. The molecule has 4 rings (SSSR count). The monoisotopic (exact) mass is 380 g/mol. The highest BCUT2D eigenvalue weighted by Crippen LogP contribution is 2.26. The number of amides is 1. The van der Waals surface area contributed by atoms with Crippen LogP contribution in [0.25, 0.3) is 11.0 Å². The van der Waals surface area contributed by atoms with Gasteiger partial charge in [0.15, 0.2) is 5.76 Å². The highest BCUT2D eigenvalue weighted by atomic mass is 16.5. The van der Waals surface area contributed by atoms with Crippen molar-refractivity contribution in [1.82, 2.24) is 0 Å². The molecule has 3 aromatic rings. The van der Waals surface area contributed by atoms with E-state index in [2.05, 4.69) is 10.2 Å². The van der Waals surface area contributed by atoms with Crippen LogP contribution in [0.15, 0.2) is 52.9 Å². The lowest BCUT2D eigenvalue weighted by Crippen LogP contribution is -2.36. The molecule has 0 saturated carbocycles. The molecule has 1 fully saturated rings. The van der Waals surface area contributed by atoms with E-state index in [0.717, 1.165) is 24.2 Å². The van der Waals surface area contributed by atoms with Gasteiger partial charge in [0.25, 0.3) is 5.91 Å². The van der Waals surface area contributed by atoms with Gasteiger partial charge < -0.3 is 24.1 Å². The van der Waals surface area contributed by atoms with Crippen LogP contribution >= 0.6 is 0 Å². The van der Waals surface area contributed by atoms with Crippen molar-refractivity contribution in [3.63, 3.8) is 0 Å². The van der Waals surface area contributed by atoms with E-state index >= 15 is 0 Å². The second-order valence-corrected chi connectivity index (χ2v) is 6.42. The summed E-state index contributed by atoms with van der Waals surface area (Å²) in [5.74, 6) is -0.773. The largest absolute Gasteiger partial charge is 0.465 e. The summed E-state index contributed by atoms with van der Waals surface area (Å²) < 4.78 is 15.9. The van der Waals surface area contributed by atoms with E-state index in [4.69, 9.17) is 13.9 Å². The molecule has 1 aliphatic rings. The second-order valence-electron chi connectivity index (χ2n) is 6.42. The molecule has 0 atom stereocenters. The summed E-state index contributed by atoms with van der Waals surface area (Å²) in [6.45, 7) is 2.76. The summed E-state index contributed by atoms with van der Waals surface area (Å²) in [5.41, 5.74) is 2.17. The molecule has 7 nitrogen and oxygen atoms in total. The molecule has 2 heterocycles. The SMILES string of the molecule is COC(=O)c1cc(N2CCOCC2)ccc1NC(=O)c1cc2ccccc2o1. The van der Waals surface area contributed by atoms with Crippen LogP contribution in [0.3, 0.4) is 0 Å². The van der Waals surface area contributed by atoms with Gasteiger partial charge in [-0.15, -0.1) is 0 Å². The smallest absolute Gasteiger partial charge is 0.340 e. The molecule has 0 spiro atoms. The van der Waals surface area contributed by atoms with E-state index in [-0.39, 0.29) is 11.3 Å². The topological polar surface area (TPSA) is 81.0 Å². The van der Waals surface area contributed by atoms with Crippen molar-refractivity contribution >= 4 is 34.2 Å². The van der Waals surface area contributed by atoms with E-state index in [1.807, 2.05) is 24.3 Å². The number of nitrogens with one attached hydrogen (secondary N) is 1. The summed E-state index contributed by atoms with van der Waals surface area (Å²) in [4.78, 5) is 27.1. The molecular formula is C21H20N2O5. The molecule has 1 aromatic heterocycles. The average Bonchev–Trinajstić information content (AvgIpc) is 3.18. The third-order valence-corrected chi connectivity index (χ3v) is 4.68. The summed E-state index contributed by atoms with van der Waals surface area (Å²) in [5, 5.41) is 3.59. The molecule has 0 radical (unpaired) electrons. The molecule has 0 bridgehead atoms. The van der Waals surface area contributed by atoms with Crippen LogP contribution in [0, 0.1) is 0 Å². The first-order chi connectivity index (χ1) is 13.7. The summed E-state index contributed by atoms with van der Waals surface area (Å²) >= 11 is 0. The van der Waals surface area contributed by atoms with E-state index in [0.29, 0.717) is 24.5 Å². The molecule has 144 valence electrons. The Hall–Kier alpha value is -3.32. The Morgan fingerprint density at radius 2 is 1.86 bits per heavy atom. The zero-order chi connectivity index (χ0) is 19.5. The van der Waals surface area contributed by atoms with Crippen LogP contribution in [-0.4, -0.2) is 45.3 Å². The Morgan fingerprint density at radius 1 is 1.07 bits per heavy atom. The minimum atomic E-state index is -0.519. The van der Waals surface area contributed by atoms with Gasteiger partial charge in [-0.05, 0) is 30.3 Å². The number of benzene rings is 2. The van der Waals surface area contributed by atoms with Crippen molar-refractivity contribution in [1.29, 1.82) is 0 Å². The zero-order valence-electron chi connectivity index (χ0n) is 15.4. The molecule has 7 heteroatoms. The van der Waals surface area contributed by atoms with Crippen LogP contribution in [0.4, 0.5) is 11.4 Å². The summed E-state index contributed by atoms with van der Waals surface area (Å²) in [6.07, 6.45) is 0. The molecule has 2 aromatic carbocycles. The molecule has 1 aliphatic heterocycles. The van der Waals surface area contributed by atoms with E-state index in [1.54, 1.807) is 24.3 Å². The molecular weight excluding hydrogens is 360 g/mol. The van der Waals surface area contributed by atoms with Gasteiger partial charge in [0.2, 0.25) is 0 Å². The van der Waals surface area contributed by atoms with Crippen molar-refractivity contribution in [3.05, 3.63) is 59.9 Å². The fraction of sp³-hybridized carbons (Fsp3) is 0.238. The maximum absolute atomic E-state index is 12.6. The lowest BCUT2D eigenvalue weighted by Gasteiger charge is -2.29. The number of furan rings is 1. The number of ether oxygens (including phenoxy) is 2. The number of fused-ring (bicyclic) bond motifs is 1. The van der Waals surface area contributed by atoms with Crippen LogP contribution in [0.2, 0.25) is 0 Å². The zero-order valence-corrected chi connectivity index (χ0v) is 15.4. The van der Waals surface area contributed by atoms with Crippen LogP contribution in [0.1, 0.15) is 20.9 Å². The summed E-state index contributed by atoms with van der Waals surface area (Å²) in [6, 6.07) is 14.3. The highest BCUT2D eigenvalue weighted by molar-refractivity contribution is 6.08. The summed E-state index contributed by atoms with van der Waals surface area (Å²) in [7, 11) is 1.31. The fourth-order valence-corrected chi connectivity index (χ4v) is 3.22. The van der Waals surface area contributed by atoms with Gasteiger partial charge in [-0.2, -0.15) is 0 Å². The van der Waals surface area contributed by atoms with Crippen LogP contribution in [-0.2, 0) is 9.47 Å². The van der Waals surface area contributed by atoms with Crippen molar-refractivity contribution in [2.45, 2.75) is 0 Å². The predicted molar refractivity (Wildman–Crippen MR) is 105 cm³/mol. The molecule has 1 amide bonds. The van der Waals surface area contributed by atoms with Crippen LogP contribution in [0.5, 0.6) is 0 Å². The number of hydrogen-bond acceptors (Lipinski definition) is 6. The third kappa shape index (κ3) is 3.57. The van der Waals surface area contributed by atoms with E-state index in [1.165, 1.54) is 7.11 Å². The number of esters is 1. The minimum Gasteiger partial charge on any atom is -0.465 e. The van der Waals surface area contributed by atoms with Gasteiger partial charge in [-0.25, -0.2) is 4.79 Å². The minimum absolute atomic E-state index is 0.175. The van der Waals surface area contributed by atoms with Crippen LogP contribution < -0.4 is 10.2 Å². The van der Waals surface area contributed by atoms with Gasteiger partial charge in [-0.3, -0.25) is 4.79 Å². The lowest BCUT2D eigenvalue weighted by molar-refractivity contribution is 0.0602. The van der Waals surface area contributed by atoms with Crippen molar-refractivity contribution in [2.24, 2.45) is 0 Å². The first-order valence-electron chi connectivity index (χ1n) is 9.01. The number of hydrogen-bond donors (Lipinski definition) is 1. The second kappa shape index (κ2) is 7.74. The molecule has 1 saturated heterocycles. The maximum Gasteiger partial charge on any atom is 0.340 e. The van der Waals surface area contributed by atoms with E-state index < -0.39 is 11.9 Å². The number of methoxy groups -OCH3 is 1. The molecule has 0 aliphatic carbocycles. The maximum atomic E-state index is 12.6. The quantitative estimate of drug-likeness (QED) is 0.700. The first kappa shape index (κ1) is 18.1. The number of carbonyl (C=O) groups excluding carboxylic acids is 2. The Balaban J connectivity index is 1.62. The van der Waals surface area contributed by atoms with Gasteiger partial charge in [0.1, 0.15) is 5.58 Å². The number of para-hydroxylation sites is 1. The van der Waals surface area contributed by atoms with Crippen molar-refractivity contribution in [2.75, 3.05) is 43.6 Å². The number of morpholine rings is 1. The molecule has 1 N–H and O–H groups in total. The van der Waals surface area contributed by atoms with Gasteiger partial charge in [-0.1, -0.05) is 18.2 Å². The van der Waals surface area contributed by atoms with Crippen molar-refractivity contribution < 1.29 is 23.5 Å². The third-order valence-electron chi connectivity index (χ3n) is 4.68. The molecule has 28 heavy (non-hydrogen) atoms. The van der Waals surface area contributed by atoms with Gasteiger partial charge >= 0.3 is 5.97 Å². The Bertz CT molecular complexity index is 988. The lowest BCUT2D eigenvalue weighted by atomic mass is 10.1. The first-order valence-corrected chi connectivity index (χ1v) is 9.01. The highest BCUT2D eigenvalue weighted by Gasteiger charge is 2.20. The standard InChI is InChI=1S/C21H20N2O5/c1-26-21(25)16-13-15(23-8-10-27-11-9-23)6-7-17(16)22-20(24)19-12-14-4-2-3-5-18(14)28-19/h2-7,12-13H,8-11H2,1H3,(H,22,24). The predicted octanol–water partition coefficient (Wildman–Crippen LogP) is 3.31. The normalized spacial score (nSPS) is 14.1.